The van der Waals surface area contributed by atoms with Gasteiger partial charge in [0.15, 0.2) is 17.6 Å². The highest BCUT2D eigenvalue weighted by Gasteiger charge is 2.28. The maximum absolute atomic E-state index is 13.0. The van der Waals surface area contributed by atoms with Gasteiger partial charge in [-0.05, 0) is 50.1 Å². The summed E-state index contributed by atoms with van der Waals surface area (Å²) in [7, 11) is 3.13. The van der Waals surface area contributed by atoms with Crippen LogP contribution in [0.3, 0.4) is 0 Å². The van der Waals surface area contributed by atoms with E-state index >= 15 is 0 Å². The summed E-state index contributed by atoms with van der Waals surface area (Å²) in [6, 6.07) is 14.6. The number of nitrogens with zero attached hydrogens (tertiary/aromatic N) is 1. The van der Waals surface area contributed by atoms with Gasteiger partial charge in [-0.25, -0.2) is 9.78 Å². The number of carbonyl (C=O) groups excluding carboxylic acids is 2. The highest BCUT2D eigenvalue weighted by Crippen LogP contribution is 2.33. The van der Waals surface area contributed by atoms with Crippen molar-refractivity contribution in [2.24, 2.45) is 0 Å². The first kappa shape index (κ1) is 20.7. The lowest BCUT2D eigenvalue weighted by atomic mass is 10.0. The Morgan fingerprint density at radius 1 is 1.03 bits per heavy atom. The van der Waals surface area contributed by atoms with Gasteiger partial charge in [-0.3, -0.25) is 4.79 Å². The third kappa shape index (κ3) is 4.45. The molecular weight excluding hydrogens is 396 g/mol. The molecule has 0 aliphatic heterocycles. The zero-order valence-corrected chi connectivity index (χ0v) is 17.7. The summed E-state index contributed by atoms with van der Waals surface area (Å²) >= 11 is 0. The average molecular weight is 420 g/mol. The topological polar surface area (TPSA) is 86.8 Å². The fraction of sp³-hybridized carbons (Fsp3) is 0.292. The predicted molar refractivity (Wildman–Crippen MR) is 116 cm³/mol. The van der Waals surface area contributed by atoms with Crippen molar-refractivity contribution in [2.75, 3.05) is 14.2 Å². The lowest BCUT2D eigenvalue weighted by Crippen LogP contribution is -2.37. The van der Waals surface area contributed by atoms with Crippen LogP contribution in [0.25, 0.3) is 22.2 Å². The average Bonchev–Trinajstić information content (AvgIpc) is 3.61. The Hall–Kier alpha value is -3.61. The van der Waals surface area contributed by atoms with Crippen LogP contribution in [0, 0.1) is 0 Å². The van der Waals surface area contributed by atoms with Crippen LogP contribution in [0.5, 0.6) is 11.5 Å². The molecule has 0 radical (unpaired) electrons. The van der Waals surface area contributed by atoms with E-state index in [2.05, 4.69) is 5.32 Å². The Balaban J connectivity index is 1.69. The van der Waals surface area contributed by atoms with Crippen molar-refractivity contribution in [1.82, 2.24) is 10.3 Å². The van der Waals surface area contributed by atoms with Crippen molar-refractivity contribution in [1.29, 1.82) is 0 Å². The van der Waals surface area contributed by atoms with Gasteiger partial charge in [-0.1, -0.05) is 18.2 Å². The van der Waals surface area contributed by atoms with Crippen LogP contribution in [0.15, 0.2) is 48.5 Å². The third-order valence-electron chi connectivity index (χ3n) is 5.19. The van der Waals surface area contributed by atoms with Crippen LogP contribution >= 0.6 is 0 Å². The Morgan fingerprint density at radius 2 is 1.77 bits per heavy atom. The number of pyridine rings is 1. The number of hydrogen-bond donors (Lipinski definition) is 1. The molecule has 7 heteroatoms. The molecule has 0 saturated heterocycles. The number of amides is 1. The number of para-hydroxylation sites is 1. The molecule has 1 saturated carbocycles. The van der Waals surface area contributed by atoms with Crippen molar-refractivity contribution in [3.05, 3.63) is 54.1 Å². The smallest absolute Gasteiger partial charge is 0.339 e. The number of esters is 1. The van der Waals surface area contributed by atoms with Gasteiger partial charge in [0.05, 0.1) is 31.0 Å². The molecule has 1 aliphatic rings. The van der Waals surface area contributed by atoms with E-state index in [1.165, 1.54) is 0 Å². The maximum atomic E-state index is 13.0. The Bertz CT molecular complexity index is 1140. The summed E-state index contributed by atoms with van der Waals surface area (Å²) in [5.74, 6) is 0.305. The van der Waals surface area contributed by atoms with Crippen LogP contribution in [0.4, 0.5) is 0 Å². The SMILES string of the molecule is COc1ccc(-c2cc(C(=O)O[C@H](C)C(=O)NC3CC3)c3ccccc3n2)cc1OC. The molecule has 1 N–H and O–H groups in total. The van der Waals surface area contributed by atoms with Gasteiger partial charge in [0, 0.05) is 17.0 Å². The lowest BCUT2D eigenvalue weighted by Gasteiger charge is -2.15. The number of methoxy groups -OCH3 is 2. The van der Waals surface area contributed by atoms with Gasteiger partial charge < -0.3 is 19.5 Å². The third-order valence-corrected chi connectivity index (χ3v) is 5.19. The van der Waals surface area contributed by atoms with Gasteiger partial charge in [0.1, 0.15) is 0 Å². The molecule has 2 aromatic carbocycles. The molecule has 1 aliphatic carbocycles. The largest absolute Gasteiger partial charge is 0.493 e. The molecule has 0 unspecified atom stereocenters. The van der Waals surface area contributed by atoms with E-state index in [0.717, 1.165) is 18.4 Å². The van der Waals surface area contributed by atoms with Gasteiger partial charge in [0.2, 0.25) is 0 Å². The first-order valence-electron chi connectivity index (χ1n) is 10.1. The number of benzene rings is 2. The number of nitrogens with one attached hydrogen (secondary N) is 1. The second-order valence-corrected chi connectivity index (χ2v) is 7.47. The van der Waals surface area contributed by atoms with E-state index in [0.29, 0.717) is 33.7 Å². The number of carbonyl (C=O) groups is 2. The summed E-state index contributed by atoms with van der Waals surface area (Å²) in [4.78, 5) is 29.9. The second-order valence-electron chi connectivity index (χ2n) is 7.47. The van der Waals surface area contributed by atoms with Crippen molar-refractivity contribution in [2.45, 2.75) is 31.9 Å². The molecule has 0 spiro atoms. The maximum Gasteiger partial charge on any atom is 0.339 e. The summed E-state index contributed by atoms with van der Waals surface area (Å²) in [6.45, 7) is 1.58. The monoisotopic (exact) mass is 420 g/mol. The lowest BCUT2D eigenvalue weighted by molar-refractivity contribution is -0.129. The Labute approximate surface area is 180 Å². The summed E-state index contributed by atoms with van der Waals surface area (Å²) in [5, 5.41) is 3.51. The number of ether oxygens (including phenoxy) is 3. The molecule has 4 rings (SSSR count). The van der Waals surface area contributed by atoms with Crippen molar-refractivity contribution in [3.63, 3.8) is 0 Å². The minimum atomic E-state index is -0.885. The molecule has 3 aromatic rings. The highest BCUT2D eigenvalue weighted by atomic mass is 16.5. The summed E-state index contributed by atoms with van der Waals surface area (Å²) in [6.07, 6.45) is 1.05. The molecular formula is C24H24N2O5. The molecule has 1 aromatic heterocycles. The molecule has 31 heavy (non-hydrogen) atoms. The highest BCUT2D eigenvalue weighted by molar-refractivity contribution is 6.05. The molecule has 0 bridgehead atoms. The van der Waals surface area contributed by atoms with Gasteiger partial charge >= 0.3 is 5.97 Å². The number of aromatic nitrogens is 1. The van der Waals surface area contributed by atoms with E-state index in [1.807, 2.05) is 30.3 Å². The van der Waals surface area contributed by atoms with E-state index in [4.69, 9.17) is 19.2 Å². The zero-order chi connectivity index (χ0) is 22.0. The van der Waals surface area contributed by atoms with Crippen molar-refractivity contribution >= 4 is 22.8 Å². The standard InChI is InChI=1S/C24H24N2O5/c1-14(23(27)25-16-9-10-16)31-24(28)18-13-20(26-19-7-5-4-6-17(18)19)15-8-11-21(29-2)22(12-15)30-3/h4-8,11-14,16H,9-10H2,1-3H3,(H,25,27)/t14-/m1/s1. The minimum Gasteiger partial charge on any atom is -0.493 e. The Kier molecular flexibility index (Phi) is 5.75. The van der Waals surface area contributed by atoms with E-state index in [-0.39, 0.29) is 11.9 Å². The first-order valence-corrected chi connectivity index (χ1v) is 10.1. The van der Waals surface area contributed by atoms with Crippen LogP contribution in [-0.4, -0.2) is 43.2 Å². The fourth-order valence-electron chi connectivity index (χ4n) is 3.31. The molecule has 1 atom stereocenters. The van der Waals surface area contributed by atoms with Crippen LogP contribution in [-0.2, 0) is 9.53 Å². The van der Waals surface area contributed by atoms with Crippen molar-refractivity contribution in [3.8, 4) is 22.8 Å². The summed E-state index contributed by atoms with van der Waals surface area (Å²) in [5.41, 5.74) is 2.34. The van der Waals surface area contributed by atoms with Crippen LogP contribution < -0.4 is 14.8 Å². The quantitative estimate of drug-likeness (QED) is 0.586. The van der Waals surface area contributed by atoms with Crippen LogP contribution in [0.2, 0.25) is 0 Å². The molecule has 1 amide bonds. The molecule has 1 heterocycles. The van der Waals surface area contributed by atoms with E-state index in [9.17, 15) is 9.59 Å². The number of fused-ring (bicyclic) bond motifs is 1. The second kappa shape index (κ2) is 8.63. The van der Waals surface area contributed by atoms with E-state index in [1.54, 1.807) is 39.3 Å². The number of rotatable bonds is 7. The Morgan fingerprint density at radius 3 is 2.48 bits per heavy atom. The van der Waals surface area contributed by atoms with Crippen molar-refractivity contribution < 1.29 is 23.8 Å². The molecule has 1 fully saturated rings. The minimum absolute atomic E-state index is 0.201. The summed E-state index contributed by atoms with van der Waals surface area (Å²) < 4.78 is 16.2. The molecule has 7 nitrogen and oxygen atoms in total. The zero-order valence-electron chi connectivity index (χ0n) is 17.7. The first-order chi connectivity index (χ1) is 15.0. The predicted octanol–water partition coefficient (Wildman–Crippen LogP) is 3.74. The van der Waals surface area contributed by atoms with E-state index < -0.39 is 12.1 Å². The normalized spacial score (nSPS) is 14.0. The number of hydrogen-bond acceptors (Lipinski definition) is 6. The van der Waals surface area contributed by atoms with Gasteiger partial charge in [-0.15, -0.1) is 0 Å². The van der Waals surface area contributed by atoms with Gasteiger partial charge in [-0.2, -0.15) is 0 Å². The fourth-order valence-corrected chi connectivity index (χ4v) is 3.31. The van der Waals surface area contributed by atoms with Gasteiger partial charge in [0.25, 0.3) is 5.91 Å². The van der Waals surface area contributed by atoms with Crippen LogP contribution in [0.1, 0.15) is 30.1 Å². The molecule has 160 valence electrons.